The van der Waals surface area contributed by atoms with Gasteiger partial charge in [0.25, 0.3) is 0 Å². The fourth-order valence-electron chi connectivity index (χ4n) is 1.13. The normalized spacial score (nSPS) is 11.1. The van der Waals surface area contributed by atoms with Crippen LogP contribution in [0, 0.1) is 0 Å². The molecule has 0 aliphatic heterocycles. The maximum atomic E-state index is 11.8. The summed E-state index contributed by atoms with van der Waals surface area (Å²) in [6, 6.07) is 5.85. The average Bonchev–Trinajstić information content (AvgIpc) is 2.14. The van der Waals surface area contributed by atoms with Gasteiger partial charge in [0.1, 0.15) is 5.75 Å². The highest BCUT2D eigenvalue weighted by molar-refractivity contribution is 5.27. The molecular formula is C11H11F3O. The fraction of sp³-hybridized carbons (Fsp3) is 0.273. The van der Waals surface area contributed by atoms with Crippen LogP contribution in [0.5, 0.6) is 5.75 Å². The van der Waals surface area contributed by atoms with Crippen LogP contribution in [0.1, 0.15) is 12.0 Å². The Hall–Kier alpha value is -1.45. The molecule has 0 radical (unpaired) electrons. The zero-order valence-electron chi connectivity index (χ0n) is 8.05. The number of allylic oxidation sites excluding steroid dienone is 1. The number of hydrogen-bond donors (Lipinski definition) is 0. The molecule has 0 aromatic heterocycles. The van der Waals surface area contributed by atoms with Crippen molar-refractivity contribution < 1.29 is 17.9 Å². The monoisotopic (exact) mass is 216 g/mol. The number of ether oxygens (including phenoxy) is 1. The van der Waals surface area contributed by atoms with E-state index >= 15 is 0 Å². The summed E-state index contributed by atoms with van der Waals surface area (Å²) in [5.41, 5.74) is 0.962. The number of hydrogen-bond acceptors (Lipinski definition) is 1. The lowest BCUT2D eigenvalue weighted by molar-refractivity contribution is -0.274. The first kappa shape index (κ1) is 11.6. The van der Waals surface area contributed by atoms with E-state index in [1.807, 2.05) is 0 Å². The van der Waals surface area contributed by atoms with Crippen molar-refractivity contribution in [1.82, 2.24) is 0 Å². The predicted octanol–water partition coefficient (Wildman–Crippen LogP) is 3.70. The molecule has 0 heterocycles. The molecule has 0 fully saturated rings. The Kier molecular flexibility index (Phi) is 3.77. The molecule has 15 heavy (non-hydrogen) atoms. The molecule has 82 valence electrons. The molecule has 1 aromatic rings. The van der Waals surface area contributed by atoms with Gasteiger partial charge in [0.15, 0.2) is 0 Å². The summed E-state index contributed by atoms with van der Waals surface area (Å²) < 4.78 is 39.2. The van der Waals surface area contributed by atoms with Crippen LogP contribution < -0.4 is 4.74 Å². The summed E-state index contributed by atoms with van der Waals surface area (Å²) in [6.07, 6.45) is -1.28. The number of rotatable bonds is 4. The highest BCUT2D eigenvalue weighted by atomic mass is 19.4. The highest BCUT2D eigenvalue weighted by Gasteiger charge is 2.30. The Labute approximate surface area is 86.2 Å². The summed E-state index contributed by atoms with van der Waals surface area (Å²) >= 11 is 0. The number of aryl methyl sites for hydroxylation is 1. The van der Waals surface area contributed by atoms with Crippen LogP contribution in [0.25, 0.3) is 0 Å². The summed E-state index contributed by atoms with van der Waals surface area (Å²) in [4.78, 5) is 0. The van der Waals surface area contributed by atoms with Crippen LogP contribution in [0.2, 0.25) is 0 Å². The smallest absolute Gasteiger partial charge is 0.406 e. The van der Waals surface area contributed by atoms with E-state index < -0.39 is 6.36 Å². The Morgan fingerprint density at radius 1 is 1.20 bits per heavy atom. The molecule has 0 saturated heterocycles. The van der Waals surface area contributed by atoms with Crippen molar-refractivity contribution in [3.63, 3.8) is 0 Å². The summed E-state index contributed by atoms with van der Waals surface area (Å²) in [5.74, 6) is -0.190. The molecule has 1 aromatic carbocycles. The molecule has 0 unspecified atom stereocenters. The van der Waals surface area contributed by atoms with Gasteiger partial charge in [0.05, 0.1) is 0 Å². The van der Waals surface area contributed by atoms with E-state index in [2.05, 4.69) is 11.3 Å². The quantitative estimate of drug-likeness (QED) is 0.697. The van der Waals surface area contributed by atoms with E-state index in [-0.39, 0.29) is 5.75 Å². The van der Waals surface area contributed by atoms with Crippen molar-refractivity contribution in [1.29, 1.82) is 0 Å². The predicted molar refractivity (Wildman–Crippen MR) is 51.6 cm³/mol. The van der Waals surface area contributed by atoms with Crippen molar-refractivity contribution in [2.45, 2.75) is 19.2 Å². The van der Waals surface area contributed by atoms with Gasteiger partial charge in [-0.05, 0) is 30.5 Å². The molecular weight excluding hydrogens is 205 g/mol. The topological polar surface area (TPSA) is 9.23 Å². The van der Waals surface area contributed by atoms with Crippen molar-refractivity contribution in [2.24, 2.45) is 0 Å². The minimum Gasteiger partial charge on any atom is -0.406 e. The fourth-order valence-corrected chi connectivity index (χ4v) is 1.13. The first-order chi connectivity index (χ1) is 7.01. The second-order valence-corrected chi connectivity index (χ2v) is 3.02. The largest absolute Gasteiger partial charge is 0.573 e. The number of halogens is 3. The zero-order chi connectivity index (χ0) is 11.3. The van der Waals surface area contributed by atoms with Crippen molar-refractivity contribution in [3.05, 3.63) is 42.5 Å². The summed E-state index contributed by atoms with van der Waals surface area (Å²) in [7, 11) is 0. The molecule has 0 spiro atoms. The molecule has 1 nitrogen and oxygen atoms in total. The third kappa shape index (κ3) is 4.54. The van der Waals surface area contributed by atoms with Crippen molar-refractivity contribution in [2.75, 3.05) is 0 Å². The third-order valence-corrected chi connectivity index (χ3v) is 1.79. The van der Waals surface area contributed by atoms with Crippen molar-refractivity contribution >= 4 is 0 Å². The van der Waals surface area contributed by atoms with Crippen LogP contribution in [-0.4, -0.2) is 6.36 Å². The van der Waals surface area contributed by atoms with E-state index in [4.69, 9.17) is 0 Å². The molecule has 4 heteroatoms. The Morgan fingerprint density at radius 2 is 1.80 bits per heavy atom. The minimum atomic E-state index is -4.62. The number of benzene rings is 1. The first-order valence-corrected chi connectivity index (χ1v) is 4.47. The third-order valence-electron chi connectivity index (χ3n) is 1.79. The lowest BCUT2D eigenvalue weighted by atomic mass is 10.1. The zero-order valence-corrected chi connectivity index (χ0v) is 8.05. The molecule has 0 atom stereocenters. The van der Waals surface area contributed by atoms with E-state index in [1.54, 1.807) is 18.2 Å². The van der Waals surface area contributed by atoms with Gasteiger partial charge >= 0.3 is 6.36 Å². The van der Waals surface area contributed by atoms with Gasteiger partial charge in [-0.3, -0.25) is 0 Å². The molecule has 0 amide bonds. The lowest BCUT2D eigenvalue weighted by Crippen LogP contribution is -2.17. The van der Waals surface area contributed by atoms with Crippen molar-refractivity contribution in [3.8, 4) is 5.75 Å². The van der Waals surface area contributed by atoms with Crippen LogP contribution in [0.15, 0.2) is 36.9 Å². The minimum absolute atomic E-state index is 0.190. The van der Waals surface area contributed by atoms with Crippen LogP contribution in [0.3, 0.4) is 0 Å². The van der Waals surface area contributed by atoms with E-state index in [0.717, 1.165) is 18.4 Å². The van der Waals surface area contributed by atoms with E-state index in [0.29, 0.717) is 0 Å². The maximum absolute atomic E-state index is 11.8. The Bertz CT molecular complexity index is 314. The molecule has 0 saturated carbocycles. The summed E-state index contributed by atoms with van der Waals surface area (Å²) in [5, 5.41) is 0. The standard InChI is InChI=1S/C11H11F3O/c1-2-3-4-9-5-7-10(8-6-9)15-11(12,13)14/h2,5-8H,1,3-4H2. The SMILES string of the molecule is C=CCCc1ccc(OC(F)(F)F)cc1. The van der Waals surface area contributed by atoms with Gasteiger partial charge in [-0.25, -0.2) is 0 Å². The van der Waals surface area contributed by atoms with Gasteiger partial charge in [0.2, 0.25) is 0 Å². The van der Waals surface area contributed by atoms with Gasteiger partial charge in [-0.15, -0.1) is 19.8 Å². The second-order valence-electron chi connectivity index (χ2n) is 3.02. The van der Waals surface area contributed by atoms with E-state index in [9.17, 15) is 13.2 Å². The number of alkyl halides is 3. The highest BCUT2D eigenvalue weighted by Crippen LogP contribution is 2.22. The maximum Gasteiger partial charge on any atom is 0.573 e. The summed E-state index contributed by atoms with van der Waals surface area (Å²) in [6.45, 7) is 3.57. The molecule has 0 aliphatic rings. The van der Waals surface area contributed by atoms with Crippen LogP contribution in [-0.2, 0) is 6.42 Å². The van der Waals surface area contributed by atoms with E-state index in [1.165, 1.54) is 12.1 Å². The van der Waals surface area contributed by atoms with Crippen LogP contribution >= 0.6 is 0 Å². The van der Waals surface area contributed by atoms with Gasteiger partial charge < -0.3 is 4.74 Å². The Morgan fingerprint density at radius 3 is 2.27 bits per heavy atom. The van der Waals surface area contributed by atoms with Gasteiger partial charge in [0, 0.05) is 0 Å². The lowest BCUT2D eigenvalue weighted by Gasteiger charge is -2.08. The van der Waals surface area contributed by atoms with Crippen LogP contribution in [0.4, 0.5) is 13.2 Å². The van der Waals surface area contributed by atoms with Gasteiger partial charge in [-0.1, -0.05) is 18.2 Å². The molecule has 0 bridgehead atoms. The average molecular weight is 216 g/mol. The molecule has 1 rings (SSSR count). The Balaban J connectivity index is 2.60. The molecule has 0 N–H and O–H groups in total. The second kappa shape index (κ2) is 4.87. The van der Waals surface area contributed by atoms with Gasteiger partial charge in [-0.2, -0.15) is 0 Å². The molecule has 0 aliphatic carbocycles. The first-order valence-electron chi connectivity index (χ1n) is 4.47.